The van der Waals surface area contributed by atoms with Gasteiger partial charge in [0.05, 0.1) is 12.3 Å². The first kappa shape index (κ1) is 14.4. The largest absolute Gasteiger partial charge is 0.494 e. The third-order valence-corrected chi connectivity index (χ3v) is 4.46. The van der Waals surface area contributed by atoms with E-state index >= 15 is 0 Å². The third-order valence-electron chi connectivity index (χ3n) is 4.46. The molecule has 1 aromatic rings. The van der Waals surface area contributed by atoms with Crippen LogP contribution < -0.4 is 4.74 Å². The van der Waals surface area contributed by atoms with Crippen molar-refractivity contribution in [3.8, 4) is 5.75 Å². The molecule has 0 spiro atoms. The van der Waals surface area contributed by atoms with Gasteiger partial charge in [-0.05, 0) is 69.3 Å². The molecule has 21 heavy (non-hydrogen) atoms. The highest BCUT2D eigenvalue weighted by Crippen LogP contribution is 2.26. The maximum absolute atomic E-state index is 9.11. The molecule has 114 valence electrons. The van der Waals surface area contributed by atoms with E-state index in [-0.39, 0.29) is 0 Å². The highest BCUT2D eigenvalue weighted by molar-refractivity contribution is 6.02. The van der Waals surface area contributed by atoms with Crippen molar-refractivity contribution < 1.29 is 9.94 Å². The van der Waals surface area contributed by atoms with Gasteiger partial charge in [0.2, 0.25) is 0 Å². The van der Waals surface area contributed by atoms with Crippen LogP contribution in [0, 0.1) is 0 Å². The molecule has 1 aromatic carbocycles. The molecule has 1 fully saturated rings. The van der Waals surface area contributed by atoms with E-state index in [2.05, 4.69) is 16.1 Å². The number of ether oxygens (including phenoxy) is 1. The summed E-state index contributed by atoms with van der Waals surface area (Å²) in [6.07, 6.45) is 6.72. The second-order valence-electron chi connectivity index (χ2n) is 5.97. The summed E-state index contributed by atoms with van der Waals surface area (Å²) in [7, 11) is 0. The summed E-state index contributed by atoms with van der Waals surface area (Å²) in [6.45, 7) is 4.37. The number of nitrogens with zero attached hydrogens (tertiary/aromatic N) is 2. The summed E-state index contributed by atoms with van der Waals surface area (Å²) >= 11 is 0. The van der Waals surface area contributed by atoms with Gasteiger partial charge in [-0.15, -0.1) is 0 Å². The number of hydrogen-bond acceptors (Lipinski definition) is 4. The predicted molar refractivity (Wildman–Crippen MR) is 83.5 cm³/mol. The van der Waals surface area contributed by atoms with Crippen molar-refractivity contribution in [2.75, 3.05) is 26.2 Å². The van der Waals surface area contributed by atoms with Crippen molar-refractivity contribution in [3.63, 3.8) is 0 Å². The number of benzene rings is 1. The number of hydrogen-bond donors (Lipinski definition) is 1. The molecule has 0 bridgehead atoms. The average Bonchev–Trinajstić information content (AvgIpc) is 3.04. The standard InChI is InChI=1S/C17H24N2O2/c20-18-17-6-3-5-14-7-8-15(13-16(14)17)21-12-4-11-19-9-1-2-10-19/h7-8,13,20H,1-6,9-12H2/b18-17-. The Morgan fingerprint density at radius 1 is 1.14 bits per heavy atom. The van der Waals surface area contributed by atoms with E-state index in [0.717, 1.165) is 55.9 Å². The van der Waals surface area contributed by atoms with Gasteiger partial charge < -0.3 is 14.8 Å². The minimum Gasteiger partial charge on any atom is -0.494 e. The quantitative estimate of drug-likeness (QED) is 0.514. The molecule has 4 heteroatoms. The fourth-order valence-electron chi connectivity index (χ4n) is 3.30. The number of rotatable bonds is 5. The van der Waals surface area contributed by atoms with E-state index in [1.807, 2.05) is 12.1 Å². The summed E-state index contributed by atoms with van der Waals surface area (Å²) in [4.78, 5) is 2.51. The minimum absolute atomic E-state index is 0.751. The lowest BCUT2D eigenvalue weighted by Crippen LogP contribution is -2.22. The molecule has 0 atom stereocenters. The van der Waals surface area contributed by atoms with Crippen LogP contribution >= 0.6 is 0 Å². The van der Waals surface area contributed by atoms with Gasteiger partial charge in [-0.2, -0.15) is 0 Å². The molecule has 0 radical (unpaired) electrons. The number of fused-ring (bicyclic) bond motifs is 1. The van der Waals surface area contributed by atoms with Gasteiger partial charge in [0.15, 0.2) is 0 Å². The summed E-state index contributed by atoms with van der Waals surface area (Å²) in [6, 6.07) is 6.17. The van der Waals surface area contributed by atoms with Crippen molar-refractivity contribution in [2.24, 2.45) is 5.16 Å². The zero-order valence-corrected chi connectivity index (χ0v) is 12.6. The zero-order chi connectivity index (χ0) is 14.5. The highest BCUT2D eigenvalue weighted by Gasteiger charge is 2.17. The molecule has 1 aliphatic carbocycles. The molecule has 1 heterocycles. The molecule has 4 nitrogen and oxygen atoms in total. The van der Waals surface area contributed by atoms with Crippen LogP contribution in [0.25, 0.3) is 0 Å². The summed E-state index contributed by atoms with van der Waals surface area (Å²) in [5.74, 6) is 0.887. The maximum Gasteiger partial charge on any atom is 0.119 e. The smallest absolute Gasteiger partial charge is 0.119 e. The molecule has 3 rings (SSSR count). The van der Waals surface area contributed by atoms with E-state index in [1.165, 1.54) is 31.5 Å². The van der Waals surface area contributed by atoms with Crippen molar-refractivity contribution in [2.45, 2.75) is 38.5 Å². The van der Waals surface area contributed by atoms with Gasteiger partial charge in [-0.1, -0.05) is 11.2 Å². The molecule has 2 aliphatic rings. The Bertz CT molecular complexity index is 508. The fraction of sp³-hybridized carbons (Fsp3) is 0.588. The molecule has 1 aliphatic heterocycles. The van der Waals surface area contributed by atoms with E-state index in [9.17, 15) is 0 Å². The SMILES string of the molecule is O/N=C1/CCCc2ccc(OCCCN3CCCC3)cc21. The van der Waals surface area contributed by atoms with Crippen LogP contribution in [0.15, 0.2) is 23.4 Å². The summed E-state index contributed by atoms with van der Waals surface area (Å²) in [5, 5.41) is 12.5. The van der Waals surface area contributed by atoms with Crippen LogP contribution in [0.2, 0.25) is 0 Å². The normalized spacial score (nSPS) is 20.7. The molecule has 1 saturated heterocycles. The van der Waals surface area contributed by atoms with Crippen LogP contribution in [0.4, 0.5) is 0 Å². The molecular weight excluding hydrogens is 264 g/mol. The van der Waals surface area contributed by atoms with Crippen molar-refractivity contribution in [3.05, 3.63) is 29.3 Å². The van der Waals surface area contributed by atoms with E-state index in [0.29, 0.717) is 0 Å². The molecule has 0 amide bonds. The fourth-order valence-corrected chi connectivity index (χ4v) is 3.30. The van der Waals surface area contributed by atoms with Crippen molar-refractivity contribution in [1.29, 1.82) is 0 Å². The van der Waals surface area contributed by atoms with Crippen LogP contribution in [0.5, 0.6) is 5.75 Å². The Hall–Kier alpha value is -1.55. The number of oxime groups is 1. The molecule has 0 saturated carbocycles. The van der Waals surface area contributed by atoms with Gasteiger partial charge in [0.1, 0.15) is 5.75 Å². The van der Waals surface area contributed by atoms with Gasteiger partial charge in [-0.25, -0.2) is 0 Å². The van der Waals surface area contributed by atoms with Crippen molar-refractivity contribution >= 4 is 5.71 Å². The molecule has 0 aromatic heterocycles. The minimum atomic E-state index is 0.751. The molecule has 0 unspecified atom stereocenters. The summed E-state index contributed by atoms with van der Waals surface area (Å²) in [5.41, 5.74) is 3.11. The lowest BCUT2D eigenvalue weighted by Gasteiger charge is -2.18. The zero-order valence-electron chi connectivity index (χ0n) is 12.6. The second-order valence-corrected chi connectivity index (χ2v) is 5.97. The van der Waals surface area contributed by atoms with Crippen LogP contribution in [0.1, 0.15) is 43.2 Å². The molecule has 1 N–H and O–H groups in total. The third kappa shape index (κ3) is 3.56. The van der Waals surface area contributed by atoms with Gasteiger partial charge in [0.25, 0.3) is 0 Å². The van der Waals surface area contributed by atoms with Gasteiger partial charge >= 0.3 is 0 Å². The van der Waals surface area contributed by atoms with Crippen molar-refractivity contribution in [1.82, 2.24) is 4.90 Å². The van der Waals surface area contributed by atoms with E-state index in [1.54, 1.807) is 0 Å². The number of aryl methyl sites for hydroxylation is 1. The second kappa shape index (κ2) is 6.94. The maximum atomic E-state index is 9.11. The van der Waals surface area contributed by atoms with E-state index in [4.69, 9.17) is 9.94 Å². The van der Waals surface area contributed by atoms with Crippen LogP contribution in [-0.4, -0.2) is 42.1 Å². The lowest BCUT2D eigenvalue weighted by molar-refractivity contribution is 0.263. The Labute approximate surface area is 126 Å². The Kier molecular flexibility index (Phi) is 4.76. The van der Waals surface area contributed by atoms with E-state index < -0.39 is 0 Å². The first-order chi connectivity index (χ1) is 10.4. The first-order valence-corrected chi connectivity index (χ1v) is 8.06. The van der Waals surface area contributed by atoms with Gasteiger partial charge in [0, 0.05) is 12.1 Å². The Morgan fingerprint density at radius 2 is 2.00 bits per heavy atom. The molecular formula is C17H24N2O2. The highest BCUT2D eigenvalue weighted by atomic mass is 16.5. The number of likely N-dealkylation sites (tertiary alicyclic amines) is 1. The lowest BCUT2D eigenvalue weighted by atomic mass is 9.90. The van der Waals surface area contributed by atoms with Gasteiger partial charge in [-0.3, -0.25) is 0 Å². The van der Waals surface area contributed by atoms with Crippen LogP contribution in [0.3, 0.4) is 0 Å². The van der Waals surface area contributed by atoms with Crippen LogP contribution in [-0.2, 0) is 6.42 Å². The average molecular weight is 288 g/mol. The summed E-state index contributed by atoms with van der Waals surface area (Å²) < 4.78 is 5.86. The predicted octanol–water partition coefficient (Wildman–Crippen LogP) is 3.07. The Morgan fingerprint density at radius 3 is 2.81 bits per heavy atom. The Balaban J connectivity index is 1.54. The topological polar surface area (TPSA) is 45.1 Å². The first-order valence-electron chi connectivity index (χ1n) is 8.06. The monoisotopic (exact) mass is 288 g/mol.